The number of halogens is 3. The number of nitrogens with one attached hydrogen (secondary N) is 1. The summed E-state index contributed by atoms with van der Waals surface area (Å²) in [6.45, 7) is 0.675. The van der Waals surface area contributed by atoms with Gasteiger partial charge in [0.15, 0.2) is 0 Å². The molecule has 0 aromatic heterocycles. The molecular formula is C15H16F3NO2. The Morgan fingerprint density at radius 1 is 1.33 bits per heavy atom. The van der Waals surface area contributed by atoms with Crippen LogP contribution in [0.1, 0.15) is 30.0 Å². The second-order valence-corrected chi connectivity index (χ2v) is 4.91. The van der Waals surface area contributed by atoms with Gasteiger partial charge in [0.05, 0.1) is 12.7 Å². The fourth-order valence-electron chi connectivity index (χ4n) is 2.34. The van der Waals surface area contributed by atoms with Crippen molar-refractivity contribution in [3.05, 3.63) is 47.0 Å². The highest BCUT2D eigenvalue weighted by Gasteiger charge is 2.30. The zero-order valence-corrected chi connectivity index (χ0v) is 11.5. The van der Waals surface area contributed by atoms with Crippen LogP contribution in [0.15, 0.2) is 35.9 Å². The molecule has 6 heteroatoms. The number of benzene rings is 1. The summed E-state index contributed by atoms with van der Waals surface area (Å²) in [5.74, 6) is -0.405. The van der Waals surface area contributed by atoms with Gasteiger partial charge in [0.2, 0.25) is 0 Å². The third-order valence-corrected chi connectivity index (χ3v) is 3.47. The molecule has 1 aliphatic heterocycles. The Balaban J connectivity index is 2.11. The van der Waals surface area contributed by atoms with Crippen LogP contribution in [-0.4, -0.2) is 19.6 Å². The van der Waals surface area contributed by atoms with Crippen molar-refractivity contribution in [1.29, 1.82) is 0 Å². The van der Waals surface area contributed by atoms with Gasteiger partial charge in [-0.2, -0.15) is 13.2 Å². The number of carbonyl (C=O) groups excluding carboxylic acids is 1. The monoisotopic (exact) mass is 299 g/mol. The van der Waals surface area contributed by atoms with Crippen molar-refractivity contribution in [2.24, 2.45) is 0 Å². The molecule has 1 aromatic rings. The Bertz CT molecular complexity index is 535. The van der Waals surface area contributed by atoms with Gasteiger partial charge in [0.1, 0.15) is 0 Å². The van der Waals surface area contributed by atoms with E-state index in [0.717, 1.165) is 29.7 Å². The molecule has 1 fully saturated rings. The zero-order valence-electron chi connectivity index (χ0n) is 11.5. The van der Waals surface area contributed by atoms with Crippen molar-refractivity contribution < 1.29 is 22.7 Å². The van der Waals surface area contributed by atoms with Crippen molar-refractivity contribution in [3.63, 3.8) is 0 Å². The van der Waals surface area contributed by atoms with Gasteiger partial charge in [-0.1, -0.05) is 17.7 Å². The topological polar surface area (TPSA) is 38.3 Å². The van der Waals surface area contributed by atoms with E-state index in [-0.39, 0.29) is 6.04 Å². The number of piperidine rings is 1. The number of hydrogen-bond acceptors (Lipinski definition) is 3. The summed E-state index contributed by atoms with van der Waals surface area (Å²) < 4.78 is 42.2. The van der Waals surface area contributed by atoms with E-state index in [1.165, 1.54) is 25.3 Å². The van der Waals surface area contributed by atoms with E-state index in [0.29, 0.717) is 13.0 Å². The first-order valence-corrected chi connectivity index (χ1v) is 6.58. The Morgan fingerprint density at radius 3 is 2.57 bits per heavy atom. The summed E-state index contributed by atoms with van der Waals surface area (Å²) >= 11 is 0. The lowest BCUT2D eigenvalue weighted by Crippen LogP contribution is -2.28. The van der Waals surface area contributed by atoms with Crippen molar-refractivity contribution in [2.45, 2.75) is 25.1 Å². The first-order chi connectivity index (χ1) is 9.90. The molecular weight excluding hydrogens is 283 g/mol. The number of methoxy groups -OCH3 is 1. The molecule has 1 aromatic carbocycles. The standard InChI is InChI=1S/C15H16F3NO2/c1-21-14(20)9-10-6-7-19-13(8-10)11-2-4-12(5-3-11)15(16,17)18/h2-5,9,13,19H,6-8H2,1H3/b10-9+/t13-/m0/s1. The molecule has 1 saturated heterocycles. The molecule has 21 heavy (non-hydrogen) atoms. The lowest BCUT2D eigenvalue weighted by molar-refractivity contribution is -0.137. The summed E-state index contributed by atoms with van der Waals surface area (Å²) in [6.07, 6.45) is -1.56. The molecule has 0 saturated carbocycles. The maximum absolute atomic E-state index is 12.5. The third-order valence-electron chi connectivity index (χ3n) is 3.47. The predicted molar refractivity (Wildman–Crippen MR) is 71.5 cm³/mol. The number of rotatable bonds is 2. The van der Waals surface area contributed by atoms with E-state index in [1.54, 1.807) is 0 Å². The van der Waals surface area contributed by atoms with Gasteiger partial charge in [-0.05, 0) is 37.1 Å². The van der Waals surface area contributed by atoms with E-state index in [1.807, 2.05) is 0 Å². The molecule has 2 rings (SSSR count). The van der Waals surface area contributed by atoms with E-state index in [9.17, 15) is 18.0 Å². The van der Waals surface area contributed by atoms with Crippen molar-refractivity contribution in [1.82, 2.24) is 5.32 Å². The summed E-state index contributed by atoms with van der Waals surface area (Å²) in [4.78, 5) is 11.2. The Hall–Kier alpha value is -1.82. The summed E-state index contributed by atoms with van der Waals surface area (Å²) in [6, 6.07) is 5.02. The average molecular weight is 299 g/mol. The molecule has 1 atom stereocenters. The first-order valence-electron chi connectivity index (χ1n) is 6.58. The van der Waals surface area contributed by atoms with Crippen LogP contribution in [0.5, 0.6) is 0 Å². The number of esters is 1. The summed E-state index contributed by atoms with van der Waals surface area (Å²) in [7, 11) is 1.31. The van der Waals surface area contributed by atoms with E-state index in [2.05, 4.69) is 10.1 Å². The molecule has 0 unspecified atom stereocenters. The van der Waals surface area contributed by atoms with E-state index in [4.69, 9.17) is 0 Å². The third kappa shape index (κ3) is 4.07. The largest absolute Gasteiger partial charge is 0.466 e. The normalized spacial score (nSPS) is 21.3. The molecule has 0 spiro atoms. The maximum atomic E-state index is 12.5. The Morgan fingerprint density at radius 2 is 2.00 bits per heavy atom. The lowest BCUT2D eigenvalue weighted by atomic mass is 9.92. The number of carbonyl (C=O) groups is 1. The molecule has 0 amide bonds. The van der Waals surface area contributed by atoms with E-state index < -0.39 is 17.7 Å². The van der Waals surface area contributed by atoms with Gasteiger partial charge in [-0.15, -0.1) is 0 Å². The van der Waals surface area contributed by atoms with Gasteiger partial charge in [-0.3, -0.25) is 0 Å². The highest BCUT2D eigenvalue weighted by molar-refractivity contribution is 5.82. The molecule has 0 radical (unpaired) electrons. The molecule has 3 nitrogen and oxygen atoms in total. The Kier molecular flexibility index (Phi) is 4.67. The minimum Gasteiger partial charge on any atom is -0.466 e. The van der Waals surface area contributed by atoms with Crippen LogP contribution in [-0.2, 0) is 15.7 Å². The quantitative estimate of drug-likeness (QED) is 0.673. The van der Waals surface area contributed by atoms with Crippen LogP contribution in [0.2, 0.25) is 0 Å². The molecule has 1 N–H and O–H groups in total. The number of alkyl halides is 3. The zero-order chi connectivity index (χ0) is 15.5. The predicted octanol–water partition coefficient (Wildman–Crippen LogP) is 3.23. The average Bonchev–Trinajstić information content (AvgIpc) is 2.46. The van der Waals surface area contributed by atoms with Crippen LogP contribution in [0.3, 0.4) is 0 Å². The maximum Gasteiger partial charge on any atom is 0.416 e. The Labute approximate surface area is 120 Å². The number of ether oxygens (including phenoxy) is 1. The van der Waals surface area contributed by atoms with Crippen LogP contribution >= 0.6 is 0 Å². The van der Waals surface area contributed by atoms with E-state index >= 15 is 0 Å². The molecule has 0 bridgehead atoms. The van der Waals surface area contributed by atoms with Gasteiger partial charge in [0.25, 0.3) is 0 Å². The highest BCUT2D eigenvalue weighted by atomic mass is 19.4. The molecule has 1 heterocycles. The van der Waals surface area contributed by atoms with Crippen LogP contribution < -0.4 is 5.32 Å². The van der Waals surface area contributed by atoms with Gasteiger partial charge >= 0.3 is 12.1 Å². The van der Waals surface area contributed by atoms with Crippen molar-refractivity contribution >= 4 is 5.97 Å². The first kappa shape index (κ1) is 15.6. The van der Waals surface area contributed by atoms with Crippen LogP contribution in [0, 0.1) is 0 Å². The molecule has 114 valence electrons. The molecule has 1 aliphatic rings. The van der Waals surface area contributed by atoms with Gasteiger partial charge < -0.3 is 10.1 Å². The second kappa shape index (κ2) is 6.30. The smallest absolute Gasteiger partial charge is 0.416 e. The minimum absolute atomic E-state index is 0.0862. The SMILES string of the molecule is COC(=O)/C=C1\CCN[C@H](c2ccc(C(F)(F)F)cc2)C1. The van der Waals surface area contributed by atoms with Crippen LogP contribution in [0.4, 0.5) is 13.2 Å². The lowest BCUT2D eigenvalue weighted by Gasteiger charge is -2.26. The van der Waals surface area contributed by atoms with Crippen LogP contribution in [0.25, 0.3) is 0 Å². The number of hydrogen-bond donors (Lipinski definition) is 1. The second-order valence-electron chi connectivity index (χ2n) is 4.91. The van der Waals surface area contributed by atoms with Gasteiger partial charge in [0, 0.05) is 12.1 Å². The fourth-order valence-corrected chi connectivity index (χ4v) is 2.34. The highest BCUT2D eigenvalue weighted by Crippen LogP contribution is 2.32. The molecule has 0 aliphatic carbocycles. The van der Waals surface area contributed by atoms with Gasteiger partial charge in [-0.25, -0.2) is 4.79 Å². The van der Waals surface area contributed by atoms with Crippen molar-refractivity contribution in [3.8, 4) is 0 Å². The minimum atomic E-state index is -4.32. The summed E-state index contributed by atoms with van der Waals surface area (Å²) in [5.41, 5.74) is 1.05. The van der Waals surface area contributed by atoms with Crippen molar-refractivity contribution in [2.75, 3.05) is 13.7 Å². The summed E-state index contributed by atoms with van der Waals surface area (Å²) in [5, 5.41) is 3.24. The fraction of sp³-hybridized carbons (Fsp3) is 0.400.